The van der Waals surface area contributed by atoms with Gasteiger partial charge in [-0.05, 0) is 49.6 Å². The number of esters is 1. The quantitative estimate of drug-likeness (QED) is 0.475. The van der Waals surface area contributed by atoms with E-state index < -0.39 is 0 Å². The third-order valence-corrected chi connectivity index (χ3v) is 3.94. The Morgan fingerprint density at radius 2 is 1.96 bits per heavy atom. The lowest BCUT2D eigenvalue weighted by Crippen LogP contribution is -2.25. The summed E-state index contributed by atoms with van der Waals surface area (Å²) >= 11 is 1.55. The molecule has 1 amide bonds. The maximum Gasteiger partial charge on any atom is 0.338 e. The van der Waals surface area contributed by atoms with Crippen LogP contribution in [-0.4, -0.2) is 30.8 Å². The molecule has 0 atom stereocenters. The zero-order valence-electron chi connectivity index (χ0n) is 13.4. The highest BCUT2D eigenvalue weighted by atomic mass is 32.1. The second-order valence-electron chi connectivity index (χ2n) is 4.74. The van der Waals surface area contributed by atoms with Crippen molar-refractivity contribution in [3.8, 4) is 5.75 Å². The smallest absolute Gasteiger partial charge is 0.338 e. The molecule has 0 unspecified atom stereocenters. The Morgan fingerprint density at radius 3 is 2.58 bits per heavy atom. The van der Waals surface area contributed by atoms with Crippen LogP contribution in [0.2, 0.25) is 0 Å². The minimum atomic E-state index is -0.389. The van der Waals surface area contributed by atoms with Crippen molar-refractivity contribution in [2.45, 2.75) is 13.8 Å². The lowest BCUT2D eigenvalue weighted by atomic mass is 10.2. The average molecular weight is 346 g/mol. The molecular weight excluding hydrogens is 328 g/mol. The Bertz CT molecular complexity index is 709. The van der Waals surface area contributed by atoms with Gasteiger partial charge >= 0.3 is 5.97 Å². The summed E-state index contributed by atoms with van der Waals surface area (Å²) in [5.74, 6) is -0.266. The zero-order valence-corrected chi connectivity index (χ0v) is 14.3. The highest BCUT2D eigenvalue weighted by Gasteiger charge is 2.07. The van der Waals surface area contributed by atoms with Crippen LogP contribution in [0.4, 0.5) is 0 Å². The molecule has 1 heterocycles. The average Bonchev–Trinajstić information content (AvgIpc) is 3.13. The van der Waals surface area contributed by atoms with Crippen LogP contribution in [0.3, 0.4) is 0 Å². The van der Waals surface area contributed by atoms with E-state index in [9.17, 15) is 9.59 Å². The third kappa shape index (κ3) is 5.20. The van der Waals surface area contributed by atoms with E-state index in [-0.39, 0.29) is 18.5 Å². The first-order valence-corrected chi connectivity index (χ1v) is 8.25. The van der Waals surface area contributed by atoms with Gasteiger partial charge in [-0.15, -0.1) is 11.3 Å². The molecule has 0 aliphatic heterocycles. The summed E-state index contributed by atoms with van der Waals surface area (Å²) in [5.41, 5.74) is 3.61. The van der Waals surface area contributed by atoms with Crippen LogP contribution < -0.4 is 10.2 Å². The Balaban J connectivity index is 1.81. The van der Waals surface area contributed by atoms with Crippen LogP contribution in [0.1, 0.15) is 29.1 Å². The number of hydrogen-bond donors (Lipinski definition) is 1. The fourth-order valence-corrected chi connectivity index (χ4v) is 2.45. The second-order valence-corrected chi connectivity index (χ2v) is 5.69. The van der Waals surface area contributed by atoms with Crippen LogP contribution in [0.5, 0.6) is 5.75 Å². The number of rotatable bonds is 7. The van der Waals surface area contributed by atoms with Gasteiger partial charge in [-0.1, -0.05) is 6.07 Å². The normalized spacial score (nSPS) is 11.0. The number of benzene rings is 1. The standard InChI is InChI=1S/C17H18N2O4S/c1-3-22-17(21)13-6-8-14(9-7-13)23-11-16(20)19-18-12(2)15-5-4-10-24-15/h4-10H,3,11H2,1-2H3,(H,19,20). The molecule has 0 bridgehead atoms. The number of nitrogens with zero attached hydrogens (tertiary/aromatic N) is 1. The second kappa shape index (κ2) is 8.83. The minimum absolute atomic E-state index is 0.167. The van der Waals surface area contributed by atoms with E-state index in [0.717, 1.165) is 10.6 Å². The molecular formula is C17H18N2O4S. The molecule has 7 heteroatoms. The van der Waals surface area contributed by atoms with E-state index in [1.165, 1.54) is 0 Å². The lowest BCUT2D eigenvalue weighted by Gasteiger charge is -2.06. The van der Waals surface area contributed by atoms with Crippen LogP contribution in [-0.2, 0) is 9.53 Å². The predicted molar refractivity (Wildman–Crippen MR) is 92.6 cm³/mol. The molecule has 0 radical (unpaired) electrons. The van der Waals surface area contributed by atoms with Crippen molar-refractivity contribution in [3.05, 3.63) is 52.2 Å². The molecule has 1 aromatic heterocycles. The Kier molecular flexibility index (Phi) is 6.51. The summed E-state index contributed by atoms with van der Waals surface area (Å²) < 4.78 is 10.2. The number of thiophene rings is 1. The molecule has 126 valence electrons. The van der Waals surface area contributed by atoms with Gasteiger partial charge in [-0.3, -0.25) is 4.79 Å². The van der Waals surface area contributed by atoms with Crippen LogP contribution in [0, 0.1) is 0 Å². The van der Waals surface area contributed by atoms with Gasteiger partial charge in [0.25, 0.3) is 5.91 Å². The zero-order chi connectivity index (χ0) is 17.4. The Hall–Kier alpha value is -2.67. The summed E-state index contributed by atoms with van der Waals surface area (Å²) in [6, 6.07) is 10.2. The van der Waals surface area contributed by atoms with Crippen LogP contribution >= 0.6 is 11.3 Å². The fourth-order valence-electron chi connectivity index (χ4n) is 1.77. The van der Waals surface area contributed by atoms with Crippen molar-refractivity contribution in [2.75, 3.05) is 13.2 Å². The topological polar surface area (TPSA) is 77.0 Å². The number of hydrazone groups is 1. The molecule has 0 spiro atoms. The maximum absolute atomic E-state index is 11.7. The van der Waals surface area contributed by atoms with Gasteiger partial charge in [0.2, 0.25) is 0 Å². The van der Waals surface area contributed by atoms with Crippen molar-refractivity contribution >= 4 is 28.9 Å². The molecule has 1 aromatic carbocycles. The molecule has 0 aliphatic carbocycles. The van der Waals surface area contributed by atoms with E-state index in [1.807, 2.05) is 24.4 Å². The maximum atomic E-state index is 11.7. The van der Waals surface area contributed by atoms with Gasteiger partial charge in [-0.2, -0.15) is 5.10 Å². The van der Waals surface area contributed by atoms with Crippen LogP contribution in [0.15, 0.2) is 46.9 Å². The van der Waals surface area contributed by atoms with Crippen molar-refractivity contribution in [1.82, 2.24) is 5.43 Å². The first-order valence-electron chi connectivity index (χ1n) is 7.37. The van der Waals surface area contributed by atoms with E-state index in [0.29, 0.717) is 17.9 Å². The number of nitrogens with one attached hydrogen (secondary N) is 1. The first kappa shape index (κ1) is 17.7. The van der Waals surface area contributed by atoms with Crippen molar-refractivity contribution in [1.29, 1.82) is 0 Å². The monoisotopic (exact) mass is 346 g/mol. The van der Waals surface area contributed by atoms with Gasteiger partial charge in [0.05, 0.1) is 17.9 Å². The number of hydrogen-bond acceptors (Lipinski definition) is 6. The van der Waals surface area contributed by atoms with Crippen molar-refractivity contribution < 1.29 is 19.1 Å². The molecule has 1 N–H and O–H groups in total. The number of amides is 1. The molecule has 0 saturated heterocycles. The molecule has 0 fully saturated rings. The number of carbonyl (C=O) groups is 2. The minimum Gasteiger partial charge on any atom is -0.484 e. The Labute approximate surface area is 144 Å². The third-order valence-electron chi connectivity index (χ3n) is 2.96. The lowest BCUT2D eigenvalue weighted by molar-refractivity contribution is -0.123. The number of ether oxygens (including phenoxy) is 2. The van der Waals surface area contributed by atoms with Gasteiger partial charge < -0.3 is 9.47 Å². The van der Waals surface area contributed by atoms with Crippen molar-refractivity contribution in [2.24, 2.45) is 5.10 Å². The summed E-state index contributed by atoms with van der Waals surface area (Å²) in [5, 5.41) is 5.97. The van der Waals surface area contributed by atoms with E-state index >= 15 is 0 Å². The molecule has 6 nitrogen and oxygen atoms in total. The molecule has 2 rings (SSSR count). The van der Waals surface area contributed by atoms with E-state index in [4.69, 9.17) is 9.47 Å². The van der Waals surface area contributed by atoms with Gasteiger partial charge in [-0.25, -0.2) is 10.2 Å². The Morgan fingerprint density at radius 1 is 1.21 bits per heavy atom. The van der Waals surface area contributed by atoms with Gasteiger partial charge in [0, 0.05) is 4.88 Å². The summed E-state index contributed by atoms with van der Waals surface area (Å²) in [6.07, 6.45) is 0. The highest BCUT2D eigenvalue weighted by molar-refractivity contribution is 7.12. The summed E-state index contributed by atoms with van der Waals surface area (Å²) in [7, 11) is 0. The summed E-state index contributed by atoms with van der Waals surface area (Å²) in [6.45, 7) is 3.72. The highest BCUT2D eigenvalue weighted by Crippen LogP contribution is 2.13. The first-order chi connectivity index (χ1) is 11.6. The van der Waals surface area contributed by atoms with E-state index in [1.54, 1.807) is 42.5 Å². The molecule has 0 aliphatic rings. The summed E-state index contributed by atoms with van der Waals surface area (Å²) in [4.78, 5) is 24.3. The number of carbonyl (C=O) groups excluding carboxylic acids is 2. The molecule has 0 saturated carbocycles. The SMILES string of the molecule is CCOC(=O)c1ccc(OCC(=O)NN=C(C)c2cccs2)cc1. The molecule has 2 aromatic rings. The molecule has 24 heavy (non-hydrogen) atoms. The largest absolute Gasteiger partial charge is 0.484 e. The fraction of sp³-hybridized carbons (Fsp3) is 0.235. The van der Waals surface area contributed by atoms with Crippen molar-refractivity contribution in [3.63, 3.8) is 0 Å². The van der Waals surface area contributed by atoms with Crippen LogP contribution in [0.25, 0.3) is 0 Å². The van der Waals surface area contributed by atoms with Gasteiger partial charge in [0.1, 0.15) is 5.75 Å². The predicted octanol–water partition coefficient (Wildman–Crippen LogP) is 2.84. The van der Waals surface area contributed by atoms with E-state index in [2.05, 4.69) is 10.5 Å². The van der Waals surface area contributed by atoms with Gasteiger partial charge in [0.15, 0.2) is 6.61 Å².